The number of amides is 3. The zero-order valence-electron chi connectivity index (χ0n) is 23.0. The highest BCUT2D eigenvalue weighted by atomic mass is 32.2. The molecule has 11 heteroatoms. The Kier molecular flexibility index (Phi) is 10.3. The third kappa shape index (κ3) is 7.08. The molecule has 4 atom stereocenters. The Bertz CT molecular complexity index is 1210. The molecule has 1 aromatic rings. The van der Waals surface area contributed by atoms with Gasteiger partial charge in [-0.05, 0) is 56.4 Å². The van der Waals surface area contributed by atoms with E-state index in [2.05, 4.69) is 5.32 Å². The zero-order valence-corrected chi connectivity index (χ0v) is 23.9. The van der Waals surface area contributed by atoms with E-state index in [1.807, 2.05) is 44.2 Å². The number of rotatable bonds is 11. The lowest BCUT2D eigenvalue weighted by Gasteiger charge is -2.34. The third-order valence-electron chi connectivity index (χ3n) is 7.14. The number of hydrogen-bond acceptors (Lipinski definition) is 9. The van der Waals surface area contributed by atoms with E-state index in [4.69, 9.17) is 21.2 Å². The van der Waals surface area contributed by atoms with Crippen molar-refractivity contribution in [2.45, 2.75) is 81.7 Å². The van der Waals surface area contributed by atoms with E-state index in [0.29, 0.717) is 31.4 Å². The van der Waals surface area contributed by atoms with Crippen molar-refractivity contribution in [3.05, 3.63) is 46.9 Å². The number of carbonyl (C=O) groups is 3. The molecule has 2 heterocycles. The molecule has 1 aromatic carbocycles. The maximum Gasteiger partial charge on any atom is 0.257 e. The van der Waals surface area contributed by atoms with Gasteiger partial charge in [-0.1, -0.05) is 50.2 Å². The molecule has 1 saturated heterocycles. The molecule has 3 aliphatic rings. The van der Waals surface area contributed by atoms with Crippen LogP contribution >= 0.6 is 11.8 Å². The smallest absolute Gasteiger partial charge is 0.257 e. The van der Waals surface area contributed by atoms with Crippen LogP contribution in [0.25, 0.3) is 0 Å². The molecule has 0 bridgehead atoms. The Hall–Kier alpha value is -2.83. The average molecular weight is 570 g/mol. The lowest BCUT2D eigenvalue weighted by atomic mass is 9.97. The summed E-state index contributed by atoms with van der Waals surface area (Å²) >= 11 is 1.59. The first-order chi connectivity index (χ1) is 19.2. The summed E-state index contributed by atoms with van der Waals surface area (Å²) < 4.78 is 5.33. The highest BCUT2D eigenvalue weighted by Crippen LogP contribution is 2.42. The van der Waals surface area contributed by atoms with Gasteiger partial charge >= 0.3 is 0 Å². The maximum absolute atomic E-state index is 14.0. The normalized spacial score (nSPS) is 21.4. The number of unbranched alkanes of at least 4 members (excludes halogenated alkanes) is 1. The van der Waals surface area contributed by atoms with Crippen LogP contribution in [0, 0.1) is 5.92 Å². The Morgan fingerprint density at radius 1 is 1.23 bits per heavy atom. The van der Waals surface area contributed by atoms with Crippen molar-refractivity contribution < 1.29 is 24.2 Å². The zero-order chi connectivity index (χ0) is 28.8. The Morgan fingerprint density at radius 3 is 2.70 bits per heavy atom. The molecule has 1 unspecified atom stereocenters. The van der Waals surface area contributed by atoms with Gasteiger partial charge < -0.3 is 26.6 Å². The van der Waals surface area contributed by atoms with Crippen molar-refractivity contribution in [2.75, 3.05) is 13.2 Å². The van der Waals surface area contributed by atoms with Crippen LogP contribution in [-0.4, -0.2) is 71.0 Å². The standard InChI is InChI=1S/C29H39N5O5S/c1-17(2)15-22(33-26(35)19(31)7-5-6-13-30)28(37)34(23-12-14-39-29(23)38)27(36)18-10-11-25-21(16-18)32-20-8-3-4-9-24(20)40-25/h3-4,8-11,17,19,22-23,29,38H,5-7,12-16,30-31H2,1-2H3,(H,33,35)/t19-,22-,23-,29?/m0/s1. The maximum atomic E-state index is 14.0. The summed E-state index contributed by atoms with van der Waals surface area (Å²) in [6.07, 6.45) is 4.96. The molecular formula is C29H39N5O5S. The molecule has 1 fully saturated rings. The minimum Gasteiger partial charge on any atom is -0.366 e. The molecule has 0 spiro atoms. The summed E-state index contributed by atoms with van der Waals surface area (Å²) in [5.41, 5.74) is 13.6. The number of nitrogens with two attached hydrogens (primary N) is 2. The molecule has 0 saturated carbocycles. The lowest BCUT2D eigenvalue weighted by Crippen LogP contribution is -2.58. The van der Waals surface area contributed by atoms with Crippen molar-refractivity contribution >= 4 is 40.9 Å². The molecule has 4 rings (SSSR count). The van der Waals surface area contributed by atoms with Gasteiger partial charge in [0.15, 0.2) is 6.29 Å². The second-order valence-corrected chi connectivity index (χ2v) is 11.8. The fraction of sp³-hybridized carbons (Fsp3) is 0.517. The molecule has 10 nitrogen and oxygen atoms in total. The van der Waals surface area contributed by atoms with E-state index >= 15 is 0 Å². The minimum atomic E-state index is -1.31. The number of carbonyl (C=O) groups excluding carboxylic acids is 3. The minimum absolute atomic E-state index is 0.0393. The van der Waals surface area contributed by atoms with E-state index in [1.165, 1.54) is 0 Å². The van der Waals surface area contributed by atoms with Crippen LogP contribution in [0.15, 0.2) is 56.8 Å². The van der Waals surface area contributed by atoms with Crippen LogP contribution in [0.3, 0.4) is 0 Å². The number of thioether (sulfide) groups is 1. The molecule has 2 aliphatic heterocycles. The topological polar surface area (TPSA) is 160 Å². The number of nitrogens with zero attached hydrogens (tertiary/aromatic N) is 2. The SMILES string of the molecule is CC(C)C[C@H](NC(=O)[C@@H](N)CCCCN)C(=O)N(C(=O)C1=CC=C2Sc3ccccc3N=C2C1)[C@H]1CCOC1O. The van der Waals surface area contributed by atoms with Gasteiger partial charge in [0.2, 0.25) is 5.91 Å². The van der Waals surface area contributed by atoms with E-state index in [9.17, 15) is 19.5 Å². The predicted molar refractivity (Wildman–Crippen MR) is 155 cm³/mol. The van der Waals surface area contributed by atoms with Gasteiger partial charge in [0.25, 0.3) is 11.8 Å². The van der Waals surface area contributed by atoms with Crippen molar-refractivity contribution in [1.29, 1.82) is 0 Å². The Morgan fingerprint density at radius 2 is 2.00 bits per heavy atom. The number of aliphatic imine (C=N–C) groups is 1. The molecule has 6 N–H and O–H groups in total. The number of aliphatic hydroxyl groups is 1. The number of para-hydroxylation sites is 1. The molecule has 0 aromatic heterocycles. The fourth-order valence-corrected chi connectivity index (χ4v) is 5.97. The number of aliphatic hydroxyl groups excluding tert-OH is 1. The Labute approximate surface area is 239 Å². The quantitative estimate of drug-likeness (QED) is 0.296. The summed E-state index contributed by atoms with van der Waals surface area (Å²) in [5.74, 6) is -1.53. The number of ether oxygens (including phenoxy) is 1. The van der Waals surface area contributed by atoms with Crippen molar-refractivity contribution in [1.82, 2.24) is 10.2 Å². The summed E-state index contributed by atoms with van der Waals surface area (Å²) in [5, 5.41) is 13.4. The monoisotopic (exact) mass is 569 g/mol. The van der Waals surface area contributed by atoms with Crippen LogP contribution in [-0.2, 0) is 19.1 Å². The molecule has 1 aliphatic carbocycles. The Balaban J connectivity index is 1.58. The van der Waals surface area contributed by atoms with Crippen molar-refractivity contribution in [3.63, 3.8) is 0 Å². The first-order valence-electron chi connectivity index (χ1n) is 13.9. The molecule has 0 radical (unpaired) electrons. The first kappa shape index (κ1) is 30.1. The van der Waals surface area contributed by atoms with Crippen LogP contribution < -0.4 is 16.8 Å². The predicted octanol–water partition coefficient (Wildman–Crippen LogP) is 2.53. The molecule has 40 heavy (non-hydrogen) atoms. The number of benzene rings is 1. The second kappa shape index (κ2) is 13.7. The van der Waals surface area contributed by atoms with Gasteiger partial charge in [-0.25, -0.2) is 0 Å². The van der Waals surface area contributed by atoms with Gasteiger partial charge in [0.1, 0.15) is 6.04 Å². The van der Waals surface area contributed by atoms with Gasteiger partial charge in [-0.15, -0.1) is 0 Å². The van der Waals surface area contributed by atoms with Crippen LogP contribution in [0.2, 0.25) is 0 Å². The van der Waals surface area contributed by atoms with Gasteiger partial charge in [0, 0.05) is 21.8 Å². The largest absolute Gasteiger partial charge is 0.366 e. The van der Waals surface area contributed by atoms with E-state index < -0.39 is 42.1 Å². The van der Waals surface area contributed by atoms with Crippen LogP contribution in [0.5, 0.6) is 0 Å². The molecule has 216 valence electrons. The second-order valence-electron chi connectivity index (χ2n) is 10.7. The number of allylic oxidation sites excluding steroid dienone is 3. The highest BCUT2D eigenvalue weighted by Gasteiger charge is 2.43. The summed E-state index contributed by atoms with van der Waals surface area (Å²) in [4.78, 5) is 48.8. The van der Waals surface area contributed by atoms with E-state index in [-0.39, 0.29) is 25.4 Å². The summed E-state index contributed by atoms with van der Waals surface area (Å²) in [6, 6.07) is 5.13. The molecular weight excluding hydrogens is 530 g/mol. The highest BCUT2D eigenvalue weighted by molar-refractivity contribution is 8.04. The number of imide groups is 1. The van der Waals surface area contributed by atoms with Crippen LogP contribution in [0.4, 0.5) is 5.69 Å². The molecule has 3 amide bonds. The number of hydrogen-bond donors (Lipinski definition) is 4. The van der Waals surface area contributed by atoms with E-state index in [1.54, 1.807) is 17.8 Å². The van der Waals surface area contributed by atoms with Crippen LogP contribution in [0.1, 0.15) is 52.4 Å². The summed E-state index contributed by atoms with van der Waals surface area (Å²) in [7, 11) is 0. The van der Waals surface area contributed by atoms with Gasteiger partial charge in [-0.3, -0.25) is 24.3 Å². The van der Waals surface area contributed by atoms with Crippen molar-refractivity contribution in [3.8, 4) is 0 Å². The average Bonchev–Trinajstić information content (AvgIpc) is 3.35. The number of nitrogens with one attached hydrogen (secondary N) is 1. The van der Waals surface area contributed by atoms with Crippen molar-refractivity contribution in [2.24, 2.45) is 22.4 Å². The summed E-state index contributed by atoms with van der Waals surface area (Å²) in [6.45, 7) is 4.58. The third-order valence-corrected chi connectivity index (χ3v) is 8.30. The van der Waals surface area contributed by atoms with Gasteiger partial charge in [-0.2, -0.15) is 0 Å². The van der Waals surface area contributed by atoms with Gasteiger partial charge in [0.05, 0.1) is 30.1 Å². The first-order valence-corrected chi connectivity index (χ1v) is 14.7. The lowest BCUT2D eigenvalue weighted by molar-refractivity contribution is -0.157. The van der Waals surface area contributed by atoms with E-state index in [0.717, 1.165) is 32.5 Å². The fourth-order valence-electron chi connectivity index (χ4n) is 5.00. The number of fused-ring (bicyclic) bond motifs is 2.